The van der Waals surface area contributed by atoms with Crippen molar-refractivity contribution in [1.29, 1.82) is 0 Å². The van der Waals surface area contributed by atoms with Crippen LogP contribution in [0.5, 0.6) is 0 Å². The summed E-state index contributed by atoms with van der Waals surface area (Å²) in [5, 5.41) is 0. The van der Waals surface area contributed by atoms with E-state index in [1.807, 2.05) is 12.1 Å². The summed E-state index contributed by atoms with van der Waals surface area (Å²) in [5.41, 5.74) is 2.55. The molecule has 2 aliphatic rings. The van der Waals surface area contributed by atoms with Crippen LogP contribution in [0, 0.1) is 11.8 Å². The van der Waals surface area contributed by atoms with Gasteiger partial charge in [0.15, 0.2) is 0 Å². The Balaban J connectivity index is 0.000000141. The van der Waals surface area contributed by atoms with E-state index in [2.05, 4.69) is 48.5 Å². The Morgan fingerprint density at radius 3 is 1.08 bits per heavy atom. The zero-order valence-electron chi connectivity index (χ0n) is 15.0. The zero-order chi connectivity index (χ0) is 16.5. The summed E-state index contributed by atoms with van der Waals surface area (Å²) in [4.78, 5) is 0. The van der Waals surface area contributed by atoms with Crippen molar-refractivity contribution >= 4 is 0 Å². The lowest BCUT2D eigenvalue weighted by Crippen LogP contribution is -2.20. The van der Waals surface area contributed by atoms with Crippen molar-refractivity contribution < 1.29 is 0 Å². The molecule has 24 heavy (non-hydrogen) atoms. The molecule has 0 saturated heterocycles. The van der Waals surface area contributed by atoms with E-state index in [0.717, 1.165) is 11.8 Å². The highest BCUT2D eigenvalue weighted by Gasteiger charge is 2.24. The van der Waals surface area contributed by atoms with Gasteiger partial charge in [0, 0.05) is 0 Å². The molecule has 2 aliphatic carbocycles. The smallest absolute Gasteiger partial charge is 0.0184 e. The van der Waals surface area contributed by atoms with Crippen LogP contribution in [0.2, 0.25) is 0 Å². The average Bonchev–Trinajstić information content (AvgIpc) is 2.71. The molecule has 0 aromatic heterocycles. The molecule has 0 atom stereocenters. The van der Waals surface area contributed by atoms with Crippen LogP contribution in [0.25, 0.3) is 11.1 Å². The minimum atomic E-state index is 1.14. The first kappa shape index (κ1) is 17.3. The van der Waals surface area contributed by atoms with Gasteiger partial charge in [0.1, 0.15) is 0 Å². The van der Waals surface area contributed by atoms with Crippen LogP contribution in [0.3, 0.4) is 0 Å². The summed E-state index contributed by atoms with van der Waals surface area (Å²) in [6.07, 6.45) is 15.4. The molecule has 0 heterocycles. The van der Waals surface area contributed by atoms with Gasteiger partial charge in [-0.3, -0.25) is 0 Å². The highest BCUT2D eigenvalue weighted by Crippen LogP contribution is 2.37. The topological polar surface area (TPSA) is 0 Å². The first-order valence-corrected chi connectivity index (χ1v) is 10.0. The Morgan fingerprint density at radius 2 is 0.750 bits per heavy atom. The molecule has 0 bridgehead atoms. The first-order valence-electron chi connectivity index (χ1n) is 10.0. The van der Waals surface area contributed by atoms with Gasteiger partial charge in [0.25, 0.3) is 0 Å². The van der Waals surface area contributed by atoms with E-state index in [4.69, 9.17) is 0 Å². The quantitative estimate of drug-likeness (QED) is 0.537. The zero-order valence-corrected chi connectivity index (χ0v) is 15.0. The van der Waals surface area contributed by atoms with Crippen molar-refractivity contribution in [2.75, 3.05) is 0 Å². The fraction of sp³-hybridized carbons (Fsp3) is 0.500. The summed E-state index contributed by atoms with van der Waals surface area (Å²) >= 11 is 0. The summed E-state index contributed by atoms with van der Waals surface area (Å²) in [5.74, 6) is 2.28. The highest BCUT2D eigenvalue weighted by atomic mass is 14.3. The number of hydrogen-bond acceptors (Lipinski definition) is 0. The molecule has 0 N–H and O–H groups in total. The normalized spacial score (nSPS) is 19.3. The maximum atomic E-state index is 2.12. The lowest BCUT2D eigenvalue weighted by Gasteiger charge is -2.32. The van der Waals surface area contributed by atoms with Gasteiger partial charge in [-0.05, 0) is 23.0 Å². The van der Waals surface area contributed by atoms with Crippen LogP contribution in [-0.2, 0) is 0 Å². The number of benzene rings is 2. The molecule has 2 aromatic rings. The summed E-state index contributed by atoms with van der Waals surface area (Å²) in [7, 11) is 0. The molecule has 0 aliphatic heterocycles. The molecule has 128 valence electrons. The van der Waals surface area contributed by atoms with Gasteiger partial charge in [0.2, 0.25) is 0 Å². The van der Waals surface area contributed by atoms with E-state index < -0.39 is 0 Å². The van der Waals surface area contributed by atoms with Crippen molar-refractivity contribution in [2.24, 2.45) is 11.8 Å². The second-order valence-electron chi connectivity index (χ2n) is 7.53. The molecule has 0 amide bonds. The third-order valence-corrected chi connectivity index (χ3v) is 5.85. The van der Waals surface area contributed by atoms with Gasteiger partial charge in [-0.1, -0.05) is 125 Å². The van der Waals surface area contributed by atoms with Gasteiger partial charge in [-0.2, -0.15) is 0 Å². The monoisotopic (exact) mass is 320 g/mol. The Kier molecular flexibility index (Phi) is 6.96. The minimum Gasteiger partial charge on any atom is -0.0622 e. The van der Waals surface area contributed by atoms with Crippen LogP contribution in [-0.4, -0.2) is 0 Å². The molecule has 2 saturated carbocycles. The SMILES string of the molecule is C1CCC(C2CCCCC2)CC1.c1ccc(-c2ccccc2)cc1. The van der Waals surface area contributed by atoms with Crippen molar-refractivity contribution in [3.63, 3.8) is 0 Å². The standard InChI is InChI=1S/C12H22.C12H10/c2*1-3-7-11(8-4-1)12-9-5-2-6-10-12/h11-12H,1-10H2;1-10H. The van der Waals surface area contributed by atoms with E-state index >= 15 is 0 Å². The van der Waals surface area contributed by atoms with Crippen molar-refractivity contribution in [1.82, 2.24) is 0 Å². The van der Waals surface area contributed by atoms with Gasteiger partial charge < -0.3 is 0 Å². The van der Waals surface area contributed by atoms with E-state index in [0.29, 0.717) is 0 Å². The minimum absolute atomic E-state index is 1.14. The predicted molar refractivity (Wildman–Crippen MR) is 105 cm³/mol. The highest BCUT2D eigenvalue weighted by molar-refractivity contribution is 5.62. The molecule has 0 spiro atoms. The lowest BCUT2D eigenvalue weighted by atomic mass is 9.73. The largest absolute Gasteiger partial charge is 0.0622 e. The van der Waals surface area contributed by atoms with E-state index in [-0.39, 0.29) is 0 Å². The van der Waals surface area contributed by atoms with Crippen LogP contribution >= 0.6 is 0 Å². The van der Waals surface area contributed by atoms with E-state index in [1.54, 1.807) is 25.7 Å². The van der Waals surface area contributed by atoms with Crippen LogP contribution < -0.4 is 0 Å². The number of rotatable bonds is 2. The van der Waals surface area contributed by atoms with Gasteiger partial charge in [-0.25, -0.2) is 0 Å². The molecule has 2 aromatic carbocycles. The van der Waals surface area contributed by atoms with Crippen LogP contribution in [0.4, 0.5) is 0 Å². The molecule has 4 rings (SSSR count). The molecular weight excluding hydrogens is 288 g/mol. The summed E-state index contributed by atoms with van der Waals surface area (Å²) in [6, 6.07) is 20.8. The van der Waals surface area contributed by atoms with Crippen LogP contribution in [0.1, 0.15) is 64.2 Å². The Hall–Kier alpha value is -1.56. The molecule has 0 nitrogen and oxygen atoms in total. The fourth-order valence-corrected chi connectivity index (χ4v) is 4.47. The molecule has 0 unspecified atom stereocenters. The summed E-state index contributed by atoms with van der Waals surface area (Å²) < 4.78 is 0. The van der Waals surface area contributed by atoms with Gasteiger partial charge >= 0.3 is 0 Å². The predicted octanol–water partition coefficient (Wildman–Crippen LogP) is 7.50. The third kappa shape index (κ3) is 5.23. The Morgan fingerprint density at radius 1 is 0.417 bits per heavy atom. The summed E-state index contributed by atoms with van der Waals surface area (Å²) in [6.45, 7) is 0. The van der Waals surface area contributed by atoms with Gasteiger partial charge in [0.05, 0.1) is 0 Å². The lowest BCUT2D eigenvalue weighted by molar-refractivity contribution is 0.196. The maximum absolute atomic E-state index is 2.12. The molecule has 0 heteroatoms. The maximum Gasteiger partial charge on any atom is -0.0184 e. The molecular formula is C24H32. The second kappa shape index (κ2) is 9.67. The second-order valence-corrected chi connectivity index (χ2v) is 7.53. The van der Waals surface area contributed by atoms with Crippen molar-refractivity contribution in [3.8, 4) is 11.1 Å². The van der Waals surface area contributed by atoms with E-state index in [9.17, 15) is 0 Å². The fourth-order valence-electron chi connectivity index (χ4n) is 4.47. The Bertz CT molecular complexity index is 492. The molecule has 2 fully saturated rings. The van der Waals surface area contributed by atoms with Crippen molar-refractivity contribution in [2.45, 2.75) is 64.2 Å². The number of hydrogen-bond donors (Lipinski definition) is 0. The van der Waals surface area contributed by atoms with E-state index in [1.165, 1.54) is 49.7 Å². The average molecular weight is 321 g/mol. The molecule has 0 radical (unpaired) electrons. The Labute approximate surface area is 148 Å². The van der Waals surface area contributed by atoms with Crippen LogP contribution in [0.15, 0.2) is 60.7 Å². The van der Waals surface area contributed by atoms with Gasteiger partial charge in [-0.15, -0.1) is 0 Å². The van der Waals surface area contributed by atoms with Crippen molar-refractivity contribution in [3.05, 3.63) is 60.7 Å². The third-order valence-electron chi connectivity index (χ3n) is 5.85. The first-order chi connectivity index (χ1) is 11.9.